The predicted octanol–water partition coefficient (Wildman–Crippen LogP) is 1.72. The Labute approximate surface area is 134 Å². The van der Waals surface area contributed by atoms with Crippen LogP contribution in [0.2, 0.25) is 0 Å². The lowest BCUT2D eigenvalue weighted by molar-refractivity contribution is 0.200. The van der Waals surface area contributed by atoms with Crippen LogP contribution in [0.3, 0.4) is 0 Å². The van der Waals surface area contributed by atoms with Crippen molar-refractivity contribution in [2.75, 3.05) is 20.1 Å². The maximum atomic E-state index is 5.05. The molecule has 2 aromatic heterocycles. The van der Waals surface area contributed by atoms with Crippen molar-refractivity contribution in [3.8, 4) is 0 Å². The van der Waals surface area contributed by atoms with E-state index in [4.69, 9.17) is 4.52 Å². The standard InChI is InChI=1S/C14H22N6OS/c1-11-15-14(17-21-11)9-19(2)13-4-3-6-20(7-5-13)8-12-10-22-18-16-12/h10,13H,3-9H2,1-2H3/t13-/m0/s1. The molecule has 0 spiro atoms. The molecule has 7 nitrogen and oxygen atoms in total. The Balaban J connectivity index is 1.51. The molecule has 2 aromatic rings. The van der Waals surface area contributed by atoms with Gasteiger partial charge in [-0.1, -0.05) is 9.64 Å². The molecule has 0 N–H and O–H groups in total. The molecular weight excluding hydrogens is 300 g/mol. The summed E-state index contributed by atoms with van der Waals surface area (Å²) in [5, 5.41) is 10.2. The van der Waals surface area contributed by atoms with E-state index in [-0.39, 0.29) is 0 Å². The van der Waals surface area contributed by atoms with Gasteiger partial charge in [0.25, 0.3) is 0 Å². The number of aromatic nitrogens is 4. The first kappa shape index (κ1) is 15.5. The van der Waals surface area contributed by atoms with Gasteiger partial charge in [0.15, 0.2) is 5.82 Å². The van der Waals surface area contributed by atoms with Crippen molar-refractivity contribution < 1.29 is 4.52 Å². The van der Waals surface area contributed by atoms with Crippen LogP contribution < -0.4 is 0 Å². The van der Waals surface area contributed by atoms with Gasteiger partial charge >= 0.3 is 0 Å². The van der Waals surface area contributed by atoms with Gasteiger partial charge in [-0.3, -0.25) is 9.80 Å². The van der Waals surface area contributed by atoms with E-state index in [0.29, 0.717) is 11.9 Å². The summed E-state index contributed by atoms with van der Waals surface area (Å²) < 4.78 is 8.98. The lowest BCUT2D eigenvalue weighted by atomic mass is 10.1. The van der Waals surface area contributed by atoms with Crippen molar-refractivity contribution in [2.45, 2.75) is 45.3 Å². The number of hydrogen-bond donors (Lipinski definition) is 0. The summed E-state index contributed by atoms with van der Waals surface area (Å²) in [5.41, 5.74) is 1.08. The van der Waals surface area contributed by atoms with Crippen LogP contribution in [0.25, 0.3) is 0 Å². The summed E-state index contributed by atoms with van der Waals surface area (Å²) in [5.74, 6) is 1.40. The van der Waals surface area contributed by atoms with Crippen LogP contribution in [0.4, 0.5) is 0 Å². The van der Waals surface area contributed by atoms with Crippen molar-refractivity contribution >= 4 is 11.5 Å². The molecule has 22 heavy (non-hydrogen) atoms. The topological polar surface area (TPSA) is 71.2 Å². The van der Waals surface area contributed by atoms with E-state index in [9.17, 15) is 0 Å². The van der Waals surface area contributed by atoms with Gasteiger partial charge in [-0.2, -0.15) is 4.98 Å². The number of aryl methyl sites for hydroxylation is 1. The molecule has 3 heterocycles. The van der Waals surface area contributed by atoms with Gasteiger partial charge in [-0.25, -0.2) is 0 Å². The van der Waals surface area contributed by atoms with Gasteiger partial charge in [-0.15, -0.1) is 5.10 Å². The highest BCUT2D eigenvalue weighted by molar-refractivity contribution is 7.03. The van der Waals surface area contributed by atoms with Crippen molar-refractivity contribution in [2.24, 2.45) is 0 Å². The van der Waals surface area contributed by atoms with Crippen LogP contribution in [-0.2, 0) is 13.1 Å². The molecular formula is C14H22N6OS. The highest BCUT2D eigenvalue weighted by atomic mass is 32.1. The highest BCUT2D eigenvalue weighted by Crippen LogP contribution is 2.18. The van der Waals surface area contributed by atoms with E-state index in [1.807, 2.05) is 12.3 Å². The van der Waals surface area contributed by atoms with Crippen molar-refractivity contribution in [3.63, 3.8) is 0 Å². The number of likely N-dealkylation sites (tertiary alicyclic amines) is 1. The minimum Gasteiger partial charge on any atom is -0.340 e. The van der Waals surface area contributed by atoms with E-state index in [1.165, 1.54) is 24.4 Å². The van der Waals surface area contributed by atoms with Crippen LogP contribution in [0.1, 0.15) is 36.7 Å². The fraction of sp³-hybridized carbons (Fsp3) is 0.714. The van der Waals surface area contributed by atoms with Gasteiger partial charge < -0.3 is 4.52 Å². The quantitative estimate of drug-likeness (QED) is 0.830. The largest absolute Gasteiger partial charge is 0.340 e. The second kappa shape index (κ2) is 7.26. The van der Waals surface area contributed by atoms with Crippen LogP contribution in [-0.4, -0.2) is 55.7 Å². The van der Waals surface area contributed by atoms with Crippen LogP contribution in [0.15, 0.2) is 9.90 Å². The molecule has 1 aliphatic heterocycles. The monoisotopic (exact) mass is 322 g/mol. The van der Waals surface area contributed by atoms with E-state index in [0.717, 1.165) is 44.1 Å². The zero-order chi connectivity index (χ0) is 15.4. The Morgan fingerprint density at radius 2 is 2.32 bits per heavy atom. The third-order valence-electron chi connectivity index (χ3n) is 4.16. The molecule has 8 heteroatoms. The Kier molecular flexibility index (Phi) is 5.12. The molecule has 0 unspecified atom stereocenters. The fourth-order valence-electron chi connectivity index (χ4n) is 2.98. The third kappa shape index (κ3) is 4.08. The first-order valence-electron chi connectivity index (χ1n) is 7.68. The lowest BCUT2D eigenvalue weighted by Gasteiger charge is -2.26. The first-order valence-corrected chi connectivity index (χ1v) is 8.52. The van der Waals surface area contributed by atoms with Crippen LogP contribution in [0.5, 0.6) is 0 Å². The second-order valence-corrected chi connectivity index (χ2v) is 6.51. The molecule has 3 rings (SSSR count). The molecule has 0 amide bonds. The molecule has 0 aliphatic carbocycles. The van der Waals surface area contributed by atoms with Gasteiger partial charge in [0.2, 0.25) is 5.89 Å². The highest BCUT2D eigenvalue weighted by Gasteiger charge is 2.22. The molecule has 0 saturated carbocycles. The van der Waals surface area contributed by atoms with Gasteiger partial charge in [0, 0.05) is 31.4 Å². The number of nitrogens with zero attached hydrogens (tertiary/aromatic N) is 6. The SMILES string of the molecule is Cc1nc(CN(C)[C@H]2CCCN(Cc3csnn3)CC2)no1. The fourth-order valence-corrected chi connectivity index (χ4v) is 3.42. The molecule has 1 saturated heterocycles. The maximum Gasteiger partial charge on any atom is 0.223 e. The van der Waals surface area contributed by atoms with Crippen molar-refractivity contribution in [3.05, 3.63) is 22.8 Å². The number of hydrogen-bond acceptors (Lipinski definition) is 8. The van der Waals surface area contributed by atoms with Crippen molar-refractivity contribution in [1.82, 2.24) is 29.5 Å². The smallest absolute Gasteiger partial charge is 0.223 e. The minimum absolute atomic E-state index is 0.567. The molecule has 0 aromatic carbocycles. The van der Waals surface area contributed by atoms with E-state index in [2.05, 4.69) is 36.6 Å². The van der Waals surface area contributed by atoms with E-state index >= 15 is 0 Å². The maximum absolute atomic E-state index is 5.05. The minimum atomic E-state index is 0.567. The average molecular weight is 322 g/mol. The average Bonchev–Trinajstić information content (AvgIpc) is 3.07. The molecule has 1 aliphatic rings. The predicted molar refractivity (Wildman–Crippen MR) is 83.3 cm³/mol. The Bertz CT molecular complexity index is 572. The molecule has 0 bridgehead atoms. The van der Waals surface area contributed by atoms with E-state index in [1.54, 1.807) is 0 Å². The van der Waals surface area contributed by atoms with E-state index < -0.39 is 0 Å². The summed E-state index contributed by atoms with van der Waals surface area (Å²) in [4.78, 5) is 9.11. The summed E-state index contributed by atoms with van der Waals surface area (Å²) in [6.07, 6.45) is 3.57. The van der Waals surface area contributed by atoms with Gasteiger partial charge in [0.05, 0.1) is 12.2 Å². The zero-order valence-electron chi connectivity index (χ0n) is 13.1. The second-order valence-electron chi connectivity index (χ2n) is 5.90. The molecule has 0 radical (unpaired) electrons. The van der Waals surface area contributed by atoms with Crippen LogP contribution in [0, 0.1) is 6.92 Å². The zero-order valence-corrected chi connectivity index (χ0v) is 13.9. The summed E-state index contributed by atoms with van der Waals surface area (Å²) in [7, 11) is 2.15. The summed E-state index contributed by atoms with van der Waals surface area (Å²) in [6.45, 7) is 5.71. The summed E-state index contributed by atoms with van der Waals surface area (Å²) >= 11 is 1.42. The first-order chi connectivity index (χ1) is 10.7. The van der Waals surface area contributed by atoms with Crippen LogP contribution >= 0.6 is 11.5 Å². The van der Waals surface area contributed by atoms with Gasteiger partial charge in [0.1, 0.15) is 0 Å². The Morgan fingerprint density at radius 3 is 3.05 bits per heavy atom. The Morgan fingerprint density at radius 1 is 1.41 bits per heavy atom. The van der Waals surface area contributed by atoms with Crippen molar-refractivity contribution in [1.29, 1.82) is 0 Å². The molecule has 1 atom stereocenters. The lowest BCUT2D eigenvalue weighted by Crippen LogP contribution is -2.33. The van der Waals surface area contributed by atoms with Gasteiger partial charge in [-0.05, 0) is 44.4 Å². The molecule has 1 fully saturated rings. The summed E-state index contributed by atoms with van der Waals surface area (Å²) in [6, 6.07) is 0.567. The third-order valence-corrected chi connectivity index (χ3v) is 4.72. The normalized spacial score (nSPS) is 20.4. The Hall–Kier alpha value is -1.38. The number of rotatable bonds is 5. The molecule has 120 valence electrons.